The molecule has 0 spiro atoms. The predicted molar refractivity (Wildman–Crippen MR) is 98.0 cm³/mol. The maximum absolute atomic E-state index is 12.0. The van der Waals surface area contributed by atoms with Crippen LogP contribution < -0.4 is 16.0 Å². The topological polar surface area (TPSA) is 70.2 Å². The summed E-state index contributed by atoms with van der Waals surface area (Å²) in [6.45, 7) is 2.42. The van der Waals surface area contributed by atoms with Crippen molar-refractivity contribution < 1.29 is 9.59 Å². The van der Waals surface area contributed by atoms with Crippen LogP contribution >= 0.6 is 0 Å². The van der Waals surface area contributed by atoms with Gasteiger partial charge in [-0.15, -0.1) is 0 Å². The fourth-order valence-corrected chi connectivity index (χ4v) is 2.55. The van der Waals surface area contributed by atoms with Crippen molar-refractivity contribution in [3.8, 4) is 0 Å². The Morgan fingerprint density at radius 3 is 2.36 bits per heavy atom. The van der Waals surface area contributed by atoms with Gasteiger partial charge < -0.3 is 16.0 Å². The molecule has 1 unspecified atom stereocenters. The van der Waals surface area contributed by atoms with Crippen molar-refractivity contribution in [2.45, 2.75) is 32.4 Å². The van der Waals surface area contributed by atoms with Gasteiger partial charge in [-0.2, -0.15) is 0 Å². The Morgan fingerprint density at radius 1 is 1.04 bits per heavy atom. The number of benzene rings is 2. The molecule has 1 fully saturated rings. The normalized spacial score (nSPS) is 14.4. The fraction of sp³-hybridized carbons (Fsp3) is 0.300. The van der Waals surface area contributed by atoms with Crippen LogP contribution in [-0.4, -0.2) is 11.9 Å². The second kappa shape index (κ2) is 7.83. The maximum atomic E-state index is 12.0. The SMILES string of the molecule is CC(NC(=O)NCc1ccccc1)c1ccc(NC(=O)C2CC2)cc1. The van der Waals surface area contributed by atoms with E-state index in [0.29, 0.717) is 6.54 Å². The molecule has 0 aliphatic heterocycles. The van der Waals surface area contributed by atoms with Gasteiger partial charge in [0.05, 0.1) is 6.04 Å². The first kappa shape index (κ1) is 17.0. The minimum atomic E-state index is -0.206. The fourth-order valence-electron chi connectivity index (χ4n) is 2.55. The molecule has 1 atom stereocenters. The molecule has 0 radical (unpaired) electrons. The summed E-state index contributed by atoms with van der Waals surface area (Å²) in [5.74, 6) is 0.285. The minimum absolute atomic E-state index is 0.0965. The Labute approximate surface area is 147 Å². The molecule has 0 aromatic heterocycles. The standard InChI is InChI=1S/C20H23N3O2/c1-14(22-20(25)21-13-15-5-3-2-4-6-15)16-9-11-18(12-10-16)23-19(24)17-7-8-17/h2-6,9-12,14,17H,7-8,13H2,1H3,(H,23,24)(H2,21,22,25). The number of carbonyl (C=O) groups is 2. The minimum Gasteiger partial charge on any atom is -0.334 e. The van der Waals surface area contributed by atoms with Crippen LogP contribution in [0.15, 0.2) is 54.6 Å². The molecule has 130 valence electrons. The average Bonchev–Trinajstić information content (AvgIpc) is 3.46. The lowest BCUT2D eigenvalue weighted by molar-refractivity contribution is -0.117. The van der Waals surface area contributed by atoms with Crippen LogP contribution in [0.5, 0.6) is 0 Å². The zero-order valence-electron chi connectivity index (χ0n) is 14.3. The Balaban J connectivity index is 1.47. The number of nitrogens with one attached hydrogen (secondary N) is 3. The zero-order valence-corrected chi connectivity index (χ0v) is 14.3. The molecular weight excluding hydrogens is 314 g/mol. The largest absolute Gasteiger partial charge is 0.334 e. The number of carbonyl (C=O) groups excluding carboxylic acids is 2. The number of amides is 3. The molecule has 25 heavy (non-hydrogen) atoms. The first-order valence-electron chi connectivity index (χ1n) is 8.61. The summed E-state index contributed by atoms with van der Waals surface area (Å²) in [5, 5.41) is 8.68. The molecule has 1 aliphatic rings. The van der Waals surface area contributed by atoms with Gasteiger partial charge in [-0.3, -0.25) is 4.79 Å². The lowest BCUT2D eigenvalue weighted by Crippen LogP contribution is -2.36. The van der Waals surface area contributed by atoms with Crippen molar-refractivity contribution in [1.82, 2.24) is 10.6 Å². The summed E-state index contributed by atoms with van der Waals surface area (Å²) in [6.07, 6.45) is 1.98. The first-order chi connectivity index (χ1) is 12.1. The molecular formula is C20H23N3O2. The lowest BCUT2D eigenvalue weighted by atomic mass is 10.1. The van der Waals surface area contributed by atoms with Gasteiger partial charge in [0.15, 0.2) is 0 Å². The van der Waals surface area contributed by atoms with Crippen LogP contribution in [0.1, 0.15) is 36.9 Å². The van der Waals surface area contributed by atoms with E-state index >= 15 is 0 Å². The Hall–Kier alpha value is -2.82. The third-order valence-corrected chi connectivity index (χ3v) is 4.27. The van der Waals surface area contributed by atoms with Gasteiger partial charge in [0.25, 0.3) is 0 Å². The molecule has 5 nitrogen and oxygen atoms in total. The molecule has 3 amide bonds. The molecule has 0 saturated heterocycles. The third kappa shape index (κ3) is 5.08. The number of anilines is 1. The lowest BCUT2D eigenvalue weighted by Gasteiger charge is -2.16. The average molecular weight is 337 g/mol. The highest BCUT2D eigenvalue weighted by Crippen LogP contribution is 2.30. The molecule has 1 saturated carbocycles. The van der Waals surface area contributed by atoms with Crippen LogP contribution in [-0.2, 0) is 11.3 Å². The van der Waals surface area contributed by atoms with Gasteiger partial charge >= 0.3 is 6.03 Å². The predicted octanol–water partition coefficient (Wildman–Crippen LogP) is 3.60. The molecule has 2 aromatic rings. The Kier molecular flexibility index (Phi) is 5.33. The summed E-state index contributed by atoms with van der Waals surface area (Å²) in [6, 6.07) is 17.0. The van der Waals surface area contributed by atoms with E-state index in [-0.39, 0.29) is 23.9 Å². The first-order valence-corrected chi connectivity index (χ1v) is 8.61. The Morgan fingerprint density at radius 2 is 1.72 bits per heavy atom. The summed E-state index contributed by atoms with van der Waals surface area (Å²) in [7, 11) is 0. The summed E-state index contributed by atoms with van der Waals surface area (Å²) in [4.78, 5) is 23.8. The molecule has 1 aliphatic carbocycles. The van der Waals surface area contributed by atoms with E-state index in [1.54, 1.807) is 0 Å². The van der Waals surface area contributed by atoms with Gasteiger partial charge in [0.2, 0.25) is 5.91 Å². The van der Waals surface area contributed by atoms with Crippen LogP contribution in [0.25, 0.3) is 0 Å². The van der Waals surface area contributed by atoms with E-state index in [0.717, 1.165) is 29.7 Å². The van der Waals surface area contributed by atoms with Crippen molar-refractivity contribution in [3.05, 3.63) is 65.7 Å². The van der Waals surface area contributed by atoms with Crippen molar-refractivity contribution in [2.24, 2.45) is 5.92 Å². The quantitative estimate of drug-likeness (QED) is 0.754. The molecule has 0 bridgehead atoms. The van der Waals surface area contributed by atoms with Crippen LogP contribution in [0.4, 0.5) is 10.5 Å². The van der Waals surface area contributed by atoms with E-state index in [2.05, 4.69) is 16.0 Å². The van der Waals surface area contributed by atoms with E-state index in [9.17, 15) is 9.59 Å². The summed E-state index contributed by atoms with van der Waals surface area (Å²) >= 11 is 0. The molecule has 2 aromatic carbocycles. The zero-order chi connectivity index (χ0) is 17.6. The number of hydrogen-bond donors (Lipinski definition) is 3. The highest BCUT2D eigenvalue weighted by Gasteiger charge is 2.29. The molecule has 3 N–H and O–H groups in total. The summed E-state index contributed by atoms with van der Waals surface area (Å²) in [5.41, 5.74) is 2.83. The second-order valence-electron chi connectivity index (χ2n) is 6.42. The van der Waals surface area contributed by atoms with E-state index in [1.165, 1.54) is 0 Å². The molecule has 0 heterocycles. The highest BCUT2D eigenvalue weighted by molar-refractivity contribution is 5.94. The third-order valence-electron chi connectivity index (χ3n) is 4.27. The van der Waals surface area contributed by atoms with Crippen molar-refractivity contribution in [1.29, 1.82) is 0 Å². The van der Waals surface area contributed by atoms with Crippen LogP contribution in [0.2, 0.25) is 0 Å². The van der Waals surface area contributed by atoms with E-state index in [1.807, 2.05) is 61.5 Å². The smallest absolute Gasteiger partial charge is 0.315 e. The van der Waals surface area contributed by atoms with Crippen molar-refractivity contribution >= 4 is 17.6 Å². The number of urea groups is 1. The van der Waals surface area contributed by atoms with Crippen molar-refractivity contribution in [2.75, 3.05) is 5.32 Å². The van der Waals surface area contributed by atoms with Gasteiger partial charge in [-0.1, -0.05) is 42.5 Å². The molecule has 5 heteroatoms. The van der Waals surface area contributed by atoms with Gasteiger partial charge in [-0.25, -0.2) is 4.79 Å². The van der Waals surface area contributed by atoms with Gasteiger partial charge in [0, 0.05) is 18.2 Å². The molecule has 3 rings (SSSR count). The number of hydrogen-bond acceptors (Lipinski definition) is 2. The monoisotopic (exact) mass is 337 g/mol. The van der Waals surface area contributed by atoms with Crippen molar-refractivity contribution in [3.63, 3.8) is 0 Å². The summed E-state index contributed by atoms with van der Waals surface area (Å²) < 4.78 is 0. The van der Waals surface area contributed by atoms with Gasteiger partial charge in [-0.05, 0) is 43.0 Å². The second-order valence-corrected chi connectivity index (χ2v) is 6.42. The van der Waals surface area contributed by atoms with Crippen LogP contribution in [0.3, 0.4) is 0 Å². The van der Waals surface area contributed by atoms with E-state index in [4.69, 9.17) is 0 Å². The van der Waals surface area contributed by atoms with Gasteiger partial charge in [0.1, 0.15) is 0 Å². The maximum Gasteiger partial charge on any atom is 0.315 e. The van der Waals surface area contributed by atoms with Crippen LogP contribution in [0, 0.1) is 5.92 Å². The number of rotatable bonds is 6. The highest BCUT2D eigenvalue weighted by atomic mass is 16.2. The Bertz CT molecular complexity index is 724. The van der Waals surface area contributed by atoms with E-state index < -0.39 is 0 Å².